The minimum atomic E-state index is -0.0883. The Hall–Kier alpha value is -2.29. The summed E-state index contributed by atoms with van der Waals surface area (Å²) < 4.78 is 5.15. The number of nitrogens with one attached hydrogen (secondary N) is 1. The van der Waals surface area contributed by atoms with Crippen molar-refractivity contribution >= 4 is 5.91 Å². The maximum absolute atomic E-state index is 11.8. The fourth-order valence-electron chi connectivity index (χ4n) is 2.47. The number of hydrogen-bond acceptors (Lipinski definition) is 2. The molecule has 0 radical (unpaired) electrons. The van der Waals surface area contributed by atoms with E-state index >= 15 is 0 Å². The smallest absolute Gasteiger partial charge is 0.230 e. The standard InChI is InChI=1S/C16H15NO2/c1-19-13-9-7-12(8-10-13)15-14(16(18)17-15)11-5-3-2-4-6-11/h2-10,14-15H,1H3,(H,17,18)/t14-,15-/m0/s1. The summed E-state index contributed by atoms with van der Waals surface area (Å²) in [6.07, 6.45) is 0. The first kappa shape index (κ1) is 11.8. The molecule has 3 rings (SSSR count). The van der Waals surface area contributed by atoms with Crippen LogP contribution in [0.1, 0.15) is 23.1 Å². The average Bonchev–Trinajstić information content (AvgIpc) is 2.46. The number of carbonyl (C=O) groups is 1. The first-order chi connectivity index (χ1) is 9.29. The lowest BCUT2D eigenvalue weighted by Gasteiger charge is -2.37. The van der Waals surface area contributed by atoms with Crippen LogP contribution in [0, 0.1) is 0 Å². The molecule has 0 saturated carbocycles. The Morgan fingerprint density at radius 1 is 0.947 bits per heavy atom. The highest BCUT2D eigenvalue weighted by Gasteiger charge is 2.41. The molecule has 2 aromatic rings. The van der Waals surface area contributed by atoms with E-state index in [1.807, 2.05) is 54.6 Å². The number of hydrogen-bond donors (Lipinski definition) is 1. The van der Waals surface area contributed by atoms with Gasteiger partial charge in [-0.2, -0.15) is 0 Å². The molecular formula is C16H15NO2. The molecule has 0 aromatic heterocycles. The van der Waals surface area contributed by atoms with Crippen LogP contribution in [-0.2, 0) is 4.79 Å². The lowest BCUT2D eigenvalue weighted by atomic mass is 9.80. The Labute approximate surface area is 112 Å². The number of β-lactam (4-membered cyclic amide) rings is 1. The van der Waals surface area contributed by atoms with Crippen molar-refractivity contribution in [2.45, 2.75) is 12.0 Å². The molecule has 1 saturated heterocycles. The zero-order valence-electron chi connectivity index (χ0n) is 10.7. The fourth-order valence-corrected chi connectivity index (χ4v) is 2.47. The lowest BCUT2D eigenvalue weighted by Crippen LogP contribution is -2.49. The monoisotopic (exact) mass is 253 g/mol. The molecule has 0 unspecified atom stereocenters. The molecule has 0 spiro atoms. The molecule has 1 fully saturated rings. The lowest BCUT2D eigenvalue weighted by molar-refractivity contribution is -0.130. The Morgan fingerprint density at radius 3 is 2.21 bits per heavy atom. The van der Waals surface area contributed by atoms with Gasteiger partial charge in [0, 0.05) is 0 Å². The number of methoxy groups -OCH3 is 1. The van der Waals surface area contributed by atoms with E-state index in [0.29, 0.717) is 0 Å². The van der Waals surface area contributed by atoms with E-state index in [4.69, 9.17) is 4.74 Å². The van der Waals surface area contributed by atoms with Crippen molar-refractivity contribution in [2.24, 2.45) is 0 Å². The fraction of sp³-hybridized carbons (Fsp3) is 0.188. The molecule has 3 nitrogen and oxygen atoms in total. The van der Waals surface area contributed by atoms with Crippen molar-refractivity contribution in [3.8, 4) is 5.75 Å². The molecular weight excluding hydrogens is 238 g/mol. The van der Waals surface area contributed by atoms with Gasteiger partial charge in [-0.3, -0.25) is 4.79 Å². The summed E-state index contributed by atoms with van der Waals surface area (Å²) in [5, 5.41) is 2.97. The van der Waals surface area contributed by atoms with Gasteiger partial charge in [0.1, 0.15) is 5.75 Å². The van der Waals surface area contributed by atoms with Gasteiger partial charge in [-0.05, 0) is 23.3 Å². The zero-order valence-corrected chi connectivity index (χ0v) is 10.7. The highest BCUT2D eigenvalue weighted by Crippen LogP contribution is 2.38. The Bertz CT molecular complexity index is 577. The van der Waals surface area contributed by atoms with E-state index in [2.05, 4.69) is 5.32 Å². The number of rotatable bonds is 3. The summed E-state index contributed by atoms with van der Waals surface area (Å²) in [6, 6.07) is 17.8. The summed E-state index contributed by atoms with van der Waals surface area (Å²) in [7, 11) is 1.65. The van der Waals surface area contributed by atoms with Crippen LogP contribution in [0.4, 0.5) is 0 Å². The molecule has 96 valence electrons. The van der Waals surface area contributed by atoms with Crippen LogP contribution in [0.15, 0.2) is 54.6 Å². The molecule has 1 aliphatic rings. The van der Waals surface area contributed by atoms with E-state index in [1.54, 1.807) is 7.11 Å². The van der Waals surface area contributed by atoms with Gasteiger partial charge < -0.3 is 10.1 Å². The molecule has 19 heavy (non-hydrogen) atoms. The molecule has 1 N–H and O–H groups in total. The third kappa shape index (κ3) is 2.08. The summed E-state index contributed by atoms with van der Waals surface area (Å²) in [6.45, 7) is 0. The van der Waals surface area contributed by atoms with Crippen molar-refractivity contribution < 1.29 is 9.53 Å². The van der Waals surface area contributed by atoms with Crippen molar-refractivity contribution in [3.05, 3.63) is 65.7 Å². The van der Waals surface area contributed by atoms with Gasteiger partial charge in [-0.15, -0.1) is 0 Å². The topological polar surface area (TPSA) is 38.3 Å². The Balaban J connectivity index is 1.87. The van der Waals surface area contributed by atoms with Crippen LogP contribution < -0.4 is 10.1 Å². The molecule has 0 aliphatic carbocycles. The van der Waals surface area contributed by atoms with Gasteiger partial charge >= 0.3 is 0 Å². The normalized spacial score (nSPS) is 21.4. The van der Waals surface area contributed by atoms with Crippen LogP contribution in [0.25, 0.3) is 0 Å². The van der Waals surface area contributed by atoms with Gasteiger partial charge in [0.05, 0.1) is 19.1 Å². The highest BCUT2D eigenvalue weighted by molar-refractivity contribution is 5.91. The third-order valence-corrected chi connectivity index (χ3v) is 3.55. The van der Waals surface area contributed by atoms with Crippen LogP contribution in [-0.4, -0.2) is 13.0 Å². The van der Waals surface area contributed by atoms with Gasteiger partial charge in [0.2, 0.25) is 5.91 Å². The predicted octanol–water partition coefficient (Wildman–Crippen LogP) is 2.65. The van der Waals surface area contributed by atoms with Gasteiger partial charge in [0.15, 0.2) is 0 Å². The largest absolute Gasteiger partial charge is 0.497 e. The maximum Gasteiger partial charge on any atom is 0.230 e. The number of amides is 1. The molecule has 1 amide bonds. The first-order valence-electron chi connectivity index (χ1n) is 6.29. The van der Waals surface area contributed by atoms with Crippen LogP contribution in [0.2, 0.25) is 0 Å². The SMILES string of the molecule is COc1ccc([C@@H]2NC(=O)[C@H]2c2ccccc2)cc1. The number of carbonyl (C=O) groups excluding carboxylic acids is 1. The summed E-state index contributed by atoms with van der Waals surface area (Å²) in [5.41, 5.74) is 2.17. The zero-order chi connectivity index (χ0) is 13.2. The van der Waals surface area contributed by atoms with Crippen LogP contribution in [0.5, 0.6) is 5.75 Å². The second-order valence-corrected chi connectivity index (χ2v) is 4.65. The van der Waals surface area contributed by atoms with E-state index in [1.165, 1.54) is 0 Å². The van der Waals surface area contributed by atoms with E-state index in [-0.39, 0.29) is 17.9 Å². The predicted molar refractivity (Wildman–Crippen MR) is 73.1 cm³/mol. The molecule has 1 aliphatic heterocycles. The average molecular weight is 253 g/mol. The first-order valence-corrected chi connectivity index (χ1v) is 6.29. The minimum Gasteiger partial charge on any atom is -0.497 e. The summed E-state index contributed by atoms with van der Waals surface area (Å²) >= 11 is 0. The van der Waals surface area contributed by atoms with Gasteiger partial charge in [0.25, 0.3) is 0 Å². The van der Waals surface area contributed by atoms with E-state index in [9.17, 15) is 4.79 Å². The third-order valence-electron chi connectivity index (χ3n) is 3.55. The summed E-state index contributed by atoms with van der Waals surface area (Å²) in [5.74, 6) is 0.826. The second-order valence-electron chi connectivity index (χ2n) is 4.65. The maximum atomic E-state index is 11.8. The van der Waals surface area contributed by atoms with Crippen LogP contribution in [0.3, 0.4) is 0 Å². The van der Waals surface area contributed by atoms with Gasteiger partial charge in [-0.25, -0.2) is 0 Å². The number of benzene rings is 2. The summed E-state index contributed by atoms with van der Waals surface area (Å²) in [4.78, 5) is 11.8. The Kier molecular flexibility index (Phi) is 2.95. The van der Waals surface area contributed by atoms with Crippen molar-refractivity contribution in [3.63, 3.8) is 0 Å². The molecule has 1 heterocycles. The molecule has 2 atom stereocenters. The number of ether oxygens (including phenoxy) is 1. The van der Waals surface area contributed by atoms with E-state index in [0.717, 1.165) is 16.9 Å². The van der Waals surface area contributed by atoms with Crippen molar-refractivity contribution in [1.82, 2.24) is 5.32 Å². The quantitative estimate of drug-likeness (QED) is 0.854. The van der Waals surface area contributed by atoms with Crippen molar-refractivity contribution in [1.29, 1.82) is 0 Å². The molecule has 0 bridgehead atoms. The van der Waals surface area contributed by atoms with Crippen molar-refractivity contribution in [2.75, 3.05) is 7.11 Å². The Morgan fingerprint density at radius 2 is 1.63 bits per heavy atom. The van der Waals surface area contributed by atoms with Crippen LogP contribution >= 0.6 is 0 Å². The molecule has 2 aromatic carbocycles. The van der Waals surface area contributed by atoms with E-state index < -0.39 is 0 Å². The molecule has 3 heteroatoms. The highest BCUT2D eigenvalue weighted by atomic mass is 16.5. The second kappa shape index (κ2) is 4.76. The van der Waals surface area contributed by atoms with Gasteiger partial charge in [-0.1, -0.05) is 42.5 Å². The minimum absolute atomic E-state index is 0.0563.